The highest BCUT2D eigenvalue weighted by Crippen LogP contribution is 2.66. The first-order valence-corrected chi connectivity index (χ1v) is 21.1. The van der Waals surface area contributed by atoms with Crippen molar-refractivity contribution in [3.05, 3.63) is 161 Å². The van der Waals surface area contributed by atoms with Crippen LogP contribution in [0.15, 0.2) is 127 Å². The van der Waals surface area contributed by atoms with Gasteiger partial charge < -0.3 is 34.5 Å². The standard InChI is InChI=1S/C51H47N3O11/c1-30(2)41(47(58)63-4)52-50(61)53-39-26-19-32(16-15-31-17-22-36(62-3)23-18-31)29-38(39)51(49(53)60)40(46(56)57)43-48(59)65-44(34-13-9-6-10-14-34)42(33-11-7-5-8-12-33)54(43)45(51)35-20-24-37(25-21-35)64-28-27-55/h5-14,17-26,29-30,40-45,55H,27-28H2,1-4H3,(H,52,61)(H,56,57)/t40-,41-,42-,43-,44+,45+,51-/m0/s1. The van der Waals surface area contributed by atoms with Crippen LogP contribution in [0.1, 0.15) is 65.4 Å². The summed E-state index contributed by atoms with van der Waals surface area (Å²) in [5.41, 5.74) is 0.681. The molecular formula is C51H47N3O11. The number of aliphatic hydroxyl groups excluding tert-OH is 1. The first-order valence-electron chi connectivity index (χ1n) is 21.1. The number of hydrogen-bond donors (Lipinski definition) is 3. The van der Waals surface area contributed by atoms with Crippen LogP contribution in [0.2, 0.25) is 0 Å². The smallest absolute Gasteiger partial charge is 0.329 e. The van der Waals surface area contributed by atoms with E-state index in [0.29, 0.717) is 39.3 Å². The zero-order valence-electron chi connectivity index (χ0n) is 36.0. The van der Waals surface area contributed by atoms with E-state index in [2.05, 4.69) is 17.2 Å². The third kappa shape index (κ3) is 7.83. The molecule has 0 unspecified atom stereocenters. The maximum atomic E-state index is 16.1. The molecule has 332 valence electrons. The molecule has 3 aliphatic heterocycles. The van der Waals surface area contributed by atoms with Crippen molar-refractivity contribution in [1.82, 2.24) is 10.2 Å². The van der Waals surface area contributed by atoms with E-state index in [9.17, 15) is 29.4 Å². The number of nitrogens with one attached hydrogen (secondary N) is 1. The van der Waals surface area contributed by atoms with Gasteiger partial charge in [-0.05, 0) is 82.8 Å². The highest BCUT2D eigenvalue weighted by molar-refractivity contribution is 6.24. The van der Waals surface area contributed by atoms with Gasteiger partial charge in [-0.1, -0.05) is 98.5 Å². The van der Waals surface area contributed by atoms with Gasteiger partial charge in [0.2, 0.25) is 5.91 Å². The van der Waals surface area contributed by atoms with Gasteiger partial charge in [0, 0.05) is 11.1 Å². The molecule has 0 saturated carbocycles. The van der Waals surface area contributed by atoms with Crippen molar-refractivity contribution >= 4 is 35.5 Å². The Balaban J connectivity index is 1.42. The predicted octanol–water partition coefficient (Wildman–Crippen LogP) is 6.12. The zero-order valence-corrected chi connectivity index (χ0v) is 36.0. The number of anilines is 1. The van der Waals surface area contributed by atoms with Crippen molar-refractivity contribution in [3.63, 3.8) is 0 Å². The molecule has 0 aromatic heterocycles. The van der Waals surface area contributed by atoms with Gasteiger partial charge >= 0.3 is 23.9 Å². The van der Waals surface area contributed by atoms with Gasteiger partial charge in [0.1, 0.15) is 47.6 Å². The first kappa shape index (κ1) is 44.1. The monoisotopic (exact) mass is 877 g/mol. The number of carbonyl (C=O) groups excluding carboxylic acids is 4. The summed E-state index contributed by atoms with van der Waals surface area (Å²) >= 11 is 0. The summed E-state index contributed by atoms with van der Waals surface area (Å²) in [4.78, 5) is 75.8. The average molecular weight is 878 g/mol. The van der Waals surface area contributed by atoms with Gasteiger partial charge in [-0.2, -0.15) is 0 Å². The minimum Gasteiger partial charge on any atom is -0.497 e. The van der Waals surface area contributed by atoms with Gasteiger partial charge in [-0.3, -0.25) is 19.3 Å². The van der Waals surface area contributed by atoms with E-state index in [1.807, 2.05) is 60.7 Å². The van der Waals surface area contributed by atoms with Crippen LogP contribution in [0.4, 0.5) is 10.5 Å². The number of methoxy groups -OCH3 is 2. The number of carbonyl (C=O) groups is 5. The Morgan fingerprint density at radius 2 is 1.40 bits per heavy atom. The molecule has 0 bridgehead atoms. The lowest BCUT2D eigenvalue weighted by atomic mass is 9.65. The van der Waals surface area contributed by atoms with Crippen molar-refractivity contribution < 1.29 is 53.1 Å². The maximum absolute atomic E-state index is 16.1. The van der Waals surface area contributed by atoms with Crippen molar-refractivity contribution in [2.75, 3.05) is 32.3 Å². The van der Waals surface area contributed by atoms with Crippen LogP contribution in [0, 0.1) is 23.7 Å². The SMILES string of the molecule is COC(=O)[C@@H](NC(=O)N1C(=O)[C@@]2(c3cc(C#Cc4ccc(OC)cc4)ccc31)[C@H](C(=O)O)[C@H]1C(=O)O[C@H](c3ccccc3)[C@H](c3ccccc3)N1[C@@H]2c1ccc(OCCO)cc1)C(C)C. The van der Waals surface area contributed by atoms with Gasteiger partial charge in [0.05, 0.1) is 38.6 Å². The second kappa shape index (κ2) is 18.3. The molecule has 2 fully saturated rings. The van der Waals surface area contributed by atoms with E-state index in [1.54, 1.807) is 86.5 Å². The summed E-state index contributed by atoms with van der Waals surface area (Å²) in [6.07, 6.45) is -0.981. The number of hydrogen-bond acceptors (Lipinski definition) is 11. The summed E-state index contributed by atoms with van der Waals surface area (Å²) in [7, 11) is 2.74. The normalized spacial score (nSPS) is 22.6. The van der Waals surface area contributed by atoms with Crippen LogP contribution < -0.4 is 19.7 Å². The number of ether oxygens (including phenoxy) is 4. The molecule has 0 aliphatic carbocycles. The van der Waals surface area contributed by atoms with Crippen molar-refractivity contribution in [2.45, 2.75) is 49.5 Å². The minimum absolute atomic E-state index is 0.00188. The number of amides is 3. The van der Waals surface area contributed by atoms with Gasteiger partial charge in [-0.15, -0.1) is 0 Å². The number of rotatable bonds is 11. The number of aliphatic hydroxyl groups is 1. The largest absolute Gasteiger partial charge is 0.497 e. The predicted molar refractivity (Wildman–Crippen MR) is 237 cm³/mol. The Morgan fingerprint density at radius 3 is 2.00 bits per heavy atom. The molecule has 0 radical (unpaired) electrons. The number of fused-ring (bicyclic) bond motifs is 3. The molecule has 65 heavy (non-hydrogen) atoms. The van der Waals surface area contributed by atoms with E-state index in [4.69, 9.17) is 18.9 Å². The summed E-state index contributed by atoms with van der Waals surface area (Å²) < 4.78 is 22.4. The quantitative estimate of drug-likeness (QED) is 0.102. The Hall–Kier alpha value is -7.47. The second-order valence-corrected chi connectivity index (χ2v) is 16.3. The van der Waals surface area contributed by atoms with Crippen LogP contribution in [-0.4, -0.2) is 84.5 Å². The van der Waals surface area contributed by atoms with Crippen LogP contribution in [0.25, 0.3) is 0 Å². The third-order valence-corrected chi connectivity index (χ3v) is 12.3. The van der Waals surface area contributed by atoms with Crippen LogP contribution >= 0.6 is 0 Å². The number of carboxylic acid groups (broad SMARTS) is 1. The number of imide groups is 1. The van der Waals surface area contributed by atoms with Gasteiger partial charge in [0.25, 0.3) is 0 Å². The van der Waals surface area contributed by atoms with Crippen LogP contribution in [-0.2, 0) is 34.1 Å². The van der Waals surface area contributed by atoms with Crippen molar-refractivity contribution in [1.29, 1.82) is 0 Å². The molecule has 5 aromatic rings. The molecule has 3 amide bonds. The Morgan fingerprint density at radius 1 is 0.785 bits per heavy atom. The molecule has 5 aromatic carbocycles. The number of urea groups is 1. The molecule has 2 saturated heterocycles. The molecule has 1 spiro atoms. The van der Waals surface area contributed by atoms with E-state index in [0.717, 1.165) is 4.90 Å². The summed E-state index contributed by atoms with van der Waals surface area (Å²) in [5.74, 6) is 0.916. The summed E-state index contributed by atoms with van der Waals surface area (Å²) in [6, 6.07) is 30.9. The molecule has 14 nitrogen and oxygen atoms in total. The van der Waals surface area contributed by atoms with Crippen LogP contribution in [0.3, 0.4) is 0 Å². The lowest BCUT2D eigenvalue weighted by molar-refractivity contribution is -0.179. The molecule has 7 atom stereocenters. The topological polar surface area (TPSA) is 181 Å². The highest BCUT2D eigenvalue weighted by atomic mass is 16.6. The second-order valence-electron chi connectivity index (χ2n) is 16.3. The number of cyclic esters (lactones) is 1. The molecule has 3 heterocycles. The van der Waals surface area contributed by atoms with E-state index in [-0.39, 0.29) is 24.5 Å². The van der Waals surface area contributed by atoms with E-state index in [1.165, 1.54) is 13.2 Å². The fourth-order valence-corrected chi connectivity index (χ4v) is 9.52. The Labute approximate surface area is 375 Å². The van der Waals surface area contributed by atoms with Gasteiger partial charge in [-0.25, -0.2) is 14.5 Å². The Bertz CT molecular complexity index is 2660. The lowest BCUT2D eigenvalue weighted by Gasteiger charge is -2.46. The Kier molecular flexibility index (Phi) is 12.4. The maximum Gasteiger partial charge on any atom is 0.329 e. The number of esters is 2. The van der Waals surface area contributed by atoms with Crippen molar-refractivity contribution in [3.8, 4) is 23.3 Å². The number of aliphatic carboxylic acids is 1. The third-order valence-electron chi connectivity index (χ3n) is 12.3. The lowest BCUT2D eigenvalue weighted by Crippen LogP contribution is -2.56. The average Bonchev–Trinajstić information content (AvgIpc) is 3.78. The molecule has 3 aliphatic rings. The molecule has 14 heteroatoms. The zero-order chi connectivity index (χ0) is 46.0. The molecular weight excluding hydrogens is 831 g/mol. The van der Waals surface area contributed by atoms with Crippen LogP contribution in [0.5, 0.6) is 11.5 Å². The van der Waals surface area contributed by atoms with Gasteiger partial charge in [0.15, 0.2) is 0 Å². The summed E-state index contributed by atoms with van der Waals surface area (Å²) in [6.45, 7) is 3.16. The fourth-order valence-electron chi connectivity index (χ4n) is 9.52. The van der Waals surface area contributed by atoms with E-state index < -0.39 is 77.4 Å². The van der Waals surface area contributed by atoms with Crippen molar-refractivity contribution in [2.24, 2.45) is 11.8 Å². The highest BCUT2D eigenvalue weighted by Gasteiger charge is 2.76. The minimum atomic E-state index is -2.23. The number of nitrogens with zero attached hydrogens (tertiary/aromatic N) is 2. The first-order chi connectivity index (χ1) is 31.4. The molecule has 3 N–H and O–H groups in total. The summed E-state index contributed by atoms with van der Waals surface area (Å²) in [5, 5.41) is 23.8. The number of morpholine rings is 1. The number of carboxylic acids is 1. The molecule has 8 rings (SSSR count). The number of benzene rings is 5. The fraction of sp³-hybridized carbons (Fsp3) is 0.275. The van der Waals surface area contributed by atoms with E-state index >= 15 is 4.79 Å².